The first kappa shape index (κ1) is 15.1. The molecular weight excluding hydrogens is 256 g/mol. The fraction of sp³-hybridized carbons (Fsp3) is 0.684. The number of hydrogen-bond donors (Lipinski definition) is 1. The Labute approximate surface area is 129 Å². The highest BCUT2D eigenvalue weighted by molar-refractivity contribution is 5.37. The highest BCUT2D eigenvalue weighted by atomic mass is 15.2. The van der Waals surface area contributed by atoms with Gasteiger partial charge in [-0.25, -0.2) is 0 Å². The Balaban J connectivity index is 1.87. The standard InChI is InChI=1S/C19H30N2/c1-5-20-19-17-9-7-6-8-16(17)11-18(19)21-12-13(2)10-14(3)15(21)4/h6-9,13-15,18-20H,5,10-12H2,1-4H3. The molecule has 1 fully saturated rings. The zero-order valence-corrected chi connectivity index (χ0v) is 14.0. The van der Waals surface area contributed by atoms with Crippen LogP contribution in [0, 0.1) is 11.8 Å². The average Bonchev–Trinajstić information content (AvgIpc) is 2.82. The number of nitrogens with zero attached hydrogens (tertiary/aromatic N) is 1. The monoisotopic (exact) mass is 286 g/mol. The molecule has 0 spiro atoms. The van der Waals surface area contributed by atoms with Crippen LogP contribution >= 0.6 is 0 Å². The van der Waals surface area contributed by atoms with E-state index >= 15 is 0 Å². The third-order valence-electron chi connectivity index (χ3n) is 5.70. The van der Waals surface area contributed by atoms with Gasteiger partial charge < -0.3 is 5.32 Å². The van der Waals surface area contributed by atoms with E-state index in [1.807, 2.05) is 0 Å². The molecule has 5 unspecified atom stereocenters. The lowest BCUT2D eigenvalue weighted by atomic mass is 9.84. The topological polar surface area (TPSA) is 15.3 Å². The molecule has 1 aromatic carbocycles. The van der Waals surface area contributed by atoms with Gasteiger partial charge in [-0.05, 0) is 49.3 Å². The van der Waals surface area contributed by atoms with Gasteiger partial charge in [-0.3, -0.25) is 4.90 Å². The van der Waals surface area contributed by atoms with Gasteiger partial charge in [0.25, 0.3) is 0 Å². The molecule has 2 aliphatic rings. The summed E-state index contributed by atoms with van der Waals surface area (Å²) in [5, 5.41) is 3.76. The molecule has 0 bridgehead atoms. The summed E-state index contributed by atoms with van der Waals surface area (Å²) in [5.41, 5.74) is 3.08. The Morgan fingerprint density at radius 1 is 1.19 bits per heavy atom. The van der Waals surface area contributed by atoms with Crippen LogP contribution in [0.3, 0.4) is 0 Å². The summed E-state index contributed by atoms with van der Waals surface area (Å²) in [7, 11) is 0. The van der Waals surface area contributed by atoms with Crippen LogP contribution in [0.15, 0.2) is 24.3 Å². The van der Waals surface area contributed by atoms with E-state index in [4.69, 9.17) is 0 Å². The van der Waals surface area contributed by atoms with Crippen molar-refractivity contribution in [2.75, 3.05) is 13.1 Å². The van der Waals surface area contributed by atoms with E-state index < -0.39 is 0 Å². The third kappa shape index (κ3) is 2.76. The zero-order valence-electron chi connectivity index (χ0n) is 14.0. The maximum atomic E-state index is 3.76. The number of nitrogens with one attached hydrogen (secondary N) is 1. The molecule has 5 atom stereocenters. The molecule has 1 N–H and O–H groups in total. The summed E-state index contributed by atoms with van der Waals surface area (Å²) >= 11 is 0. The smallest absolute Gasteiger partial charge is 0.0484 e. The van der Waals surface area contributed by atoms with Gasteiger partial charge in [0.1, 0.15) is 0 Å². The number of fused-ring (bicyclic) bond motifs is 1. The van der Waals surface area contributed by atoms with E-state index in [1.54, 1.807) is 5.56 Å². The van der Waals surface area contributed by atoms with Crippen LogP contribution < -0.4 is 5.32 Å². The van der Waals surface area contributed by atoms with Crippen molar-refractivity contribution in [1.29, 1.82) is 0 Å². The molecule has 0 saturated carbocycles. The summed E-state index contributed by atoms with van der Waals surface area (Å²) < 4.78 is 0. The average molecular weight is 286 g/mol. The SMILES string of the molecule is CCNC1c2ccccc2CC1N1CC(C)CC(C)C1C. The maximum Gasteiger partial charge on any atom is 0.0484 e. The Kier molecular flexibility index (Phi) is 4.37. The maximum absolute atomic E-state index is 3.76. The number of hydrogen-bond acceptors (Lipinski definition) is 2. The number of benzene rings is 1. The van der Waals surface area contributed by atoms with Crippen LogP contribution in [0.1, 0.15) is 51.3 Å². The quantitative estimate of drug-likeness (QED) is 0.913. The zero-order chi connectivity index (χ0) is 15.0. The van der Waals surface area contributed by atoms with E-state index in [-0.39, 0.29) is 0 Å². The van der Waals surface area contributed by atoms with Crippen molar-refractivity contribution in [3.8, 4) is 0 Å². The van der Waals surface area contributed by atoms with Crippen LogP contribution in [-0.2, 0) is 6.42 Å². The molecule has 116 valence electrons. The van der Waals surface area contributed by atoms with Gasteiger partial charge in [-0.15, -0.1) is 0 Å². The van der Waals surface area contributed by atoms with Crippen molar-refractivity contribution in [1.82, 2.24) is 10.2 Å². The van der Waals surface area contributed by atoms with Crippen molar-refractivity contribution in [2.24, 2.45) is 11.8 Å². The molecule has 1 heterocycles. The summed E-state index contributed by atoms with van der Waals surface area (Å²) in [6.07, 6.45) is 2.58. The first-order valence-corrected chi connectivity index (χ1v) is 8.68. The Morgan fingerprint density at radius 2 is 1.95 bits per heavy atom. The van der Waals surface area contributed by atoms with Crippen LogP contribution in [0.4, 0.5) is 0 Å². The number of piperidine rings is 1. The summed E-state index contributed by atoms with van der Waals surface area (Å²) in [6, 6.07) is 10.9. The number of likely N-dealkylation sites (tertiary alicyclic amines) is 1. The molecule has 0 radical (unpaired) electrons. The largest absolute Gasteiger partial charge is 0.309 e. The number of rotatable bonds is 3. The highest BCUT2D eigenvalue weighted by Gasteiger charge is 2.40. The molecule has 3 rings (SSSR count). The van der Waals surface area contributed by atoms with Gasteiger partial charge >= 0.3 is 0 Å². The summed E-state index contributed by atoms with van der Waals surface area (Å²) in [4.78, 5) is 2.80. The molecule has 1 aliphatic heterocycles. The van der Waals surface area contributed by atoms with Crippen molar-refractivity contribution in [2.45, 2.75) is 58.7 Å². The van der Waals surface area contributed by atoms with E-state index in [0.717, 1.165) is 18.4 Å². The lowest BCUT2D eigenvalue weighted by Crippen LogP contribution is -2.54. The summed E-state index contributed by atoms with van der Waals surface area (Å²) in [6.45, 7) is 11.8. The van der Waals surface area contributed by atoms with Crippen molar-refractivity contribution in [3.05, 3.63) is 35.4 Å². The molecule has 0 amide bonds. The molecule has 1 aromatic rings. The minimum absolute atomic E-state index is 0.506. The van der Waals surface area contributed by atoms with Gasteiger partial charge in [0, 0.05) is 24.7 Å². The van der Waals surface area contributed by atoms with Crippen LogP contribution in [0.25, 0.3) is 0 Å². The minimum atomic E-state index is 0.506. The molecule has 2 nitrogen and oxygen atoms in total. The first-order valence-electron chi connectivity index (χ1n) is 8.68. The lowest BCUT2D eigenvalue weighted by Gasteiger charge is -2.46. The molecule has 0 aromatic heterocycles. The minimum Gasteiger partial charge on any atom is -0.309 e. The van der Waals surface area contributed by atoms with Gasteiger partial charge in [-0.2, -0.15) is 0 Å². The second-order valence-corrected chi connectivity index (χ2v) is 7.26. The predicted octanol–water partition coefficient (Wildman–Crippen LogP) is 3.63. The Bertz CT molecular complexity index is 484. The Hall–Kier alpha value is -0.860. The summed E-state index contributed by atoms with van der Waals surface area (Å²) in [5.74, 6) is 1.63. The van der Waals surface area contributed by atoms with Crippen molar-refractivity contribution < 1.29 is 0 Å². The predicted molar refractivity (Wildman–Crippen MR) is 89.5 cm³/mol. The second kappa shape index (κ2) is 6.10. The normalized spacial score (nSPS) is 36.7. The van der Waals surface area contributed by atoms with Crippen molar-refractivity contribution >= 4 is 0 Å². The number of likely N-dealkylation sites (N-methyl/N-ethyl adjacent to an activating group) is 1. The molecular formula is C19H30N2. The fourth-order valence-electron chi connectivity index (χ4n) is 4.55. The van der Waals surface area contributed by atoms with Crippen LogP contribution in [0.2, 0.25) is 0 Å². The van der Waals surface area contributed by atoms with Crippen LogP contribution in [-0.4, -0.2) is 30.1 Å². The second-order valence-electron chi connectivity index (χ2n) is 7.26. The van der Waals surface area contributed by atoms with E-state index in [2.05, 4.69) is 62.2 Å². The molecule has 21 heavy (non-hydrogen) atoms. The Morgan fingerprint density at radius 3 is 2.71 bits per heavy atom. The van der Waals surface area contributed by atoms with Gasteiger partial charge in [0.05, 0.1) is 0 Å². The molecule has 1 saturated heterocycles. The molecule has 1 aliphatic carbocycles. The van der Waals surface area contributed by atoms with Crippen molar-refractivity contribution in [3.63, 3.8) is 0 Å². The van der Waals surface area contributed by atoms with E-state index in [1.165, 1.54) is 24.9 Å². The van der Waals surface area contributed by atoms with E-state index in [0.29, 0.717) is 18.1 Å². The van der Waals surface area contributed by atoms with E-state index in [9.17, 15) is 0 Å². The van der Waals surface area contributed by atoms with Crippen LogP contribution in [0.5, 0.6) is 0 Å². The lowest BCUT2D eigenvalue weighted by molar-refractivity contribution is 0.0297. The third-order valence-corrected chi connectivity index (χ3v) is 5.70. The highest BCUT2D eigenvalue weighted by Crippen LogP contribution is 2.39. The van der Waals surface area contributed by atoms with Gasteiger partial charge in [0.15, 0.2) is 0 Å². The van der Waals surface area contributed by atoms with Gasteiger partial charge in [-0.1, -0.05) is 45.0 Å². The molecule has 2 heteroatoms. The first-order chi connectivity index (χ1) is 10.1. The van der Waals surface area contributed by atoms with Gasteiger partial charge in [0.2, 0.25) is 0 Å². The fourth-order valence-corrected chi connectivity index (χ4v) is 4.55.